The van der Waals surface area contributed by atoms with Crippen LogP contribution in [0, 0.1) is 11.8 Å². The summed E-state index contributed by atoms with van der Waals surface area (Å²) in [6, 6.07) is 11.3. The van der Waals surface area contributed by atoms with Gasteiger partial charge in [0.1, 0.15) is 0 Å². The van der Waals surface area contributed by atoms with Crippen molar-refractivity contribution in [1.29, 1.82) is 0 Å². The fraction of sp³-hybridized carbons (Fsp3) is 0.545. The summed E-state index contributed by atoms with van der Waals surface area (Å²) >= 11 is 0. The first kappa shape index (κ1) is 24.8. The predicted molar refractivity (Wildman–Crippen MR) is 119 cm³/mol. The highest BCUT2D eigenvalue weighted by Crippen LogP contribution is 2.31. The van der Waals surface area contributed by atoms with Crippen molar-refractivity contribution in [3.05, 3.63) is 54.5 Å². The first-order chi connectivity index (χ1) is 13.2. The molecule has 1 N–H and O–H groups in total. The van der Waals surface area contributed by atoms with Gasteiger partial charge in [-0.1, -0.05) is 58.9 Å². The van der Waals surface area contributed by atoms with Crippen molar-refractivity contribution in [3.63, 3.8) is 0 Å². The Morgan fingerprint density at radius 1 is 1.11 bits per heavy atom. The van der Waals surface area contributed by atoms with E-state index in [1.165, 1.54) is 6.08 Å². The zero-order valence-electron chi connectivity index (χ0n) is 17.8. The molecule has 0 bridgehead atoms. The summed E-state index contributed by atoms with van der Waals surface area (Å²) in [6.07, 6.45) is 2.08. The maximum absolute atomic E-state index is 12.4. The lowest BCUT2D eigenvalue weighted by atomic mass is 9.89. The summed E-state index contributed by atoms with van der Waals surface area (Å²) in [4.78, 5) is 0.215. The van der Waals surface area contributed by atoms with E-state index in [0.717, 1.165) is 23.5 Å². The Morgan fingerprint density at radius 3 is 2.11 bits per heavy atom. The highest BCUT2D eigenvalue weighted by molar-refractivity contribution is 7.94. The van der Waals surface area contributed by atoms with E-state index in [0.29, 0.717) is 0 Å². The molecule has 0 amide bonds. The average molecular weight is 425 g/mol. The van der Waals surface area contributed by atoms with Crippen molar-refractivity contribution in [2.45, 2.75) is 69.9 Å². The number of hydrogen-bond acceptors (Lipinski definition) is 4. The molecule has 6 heteroatoms. The zero-order chi connectivity index (χ0) is 21.4. The smallest absolute Gasteiger partial charge is 0.199 e. The molecule has 4 nitrogen and oxygen atoms in total. The largest absolute Gasteiger partial charge is 0.413 e. The fourth-order valence-electron chi connectivity index (χ4n) is 3.36. The van der Waals surface area contributed by atoms with Crippen LogP contribution < -0.4 is 0 Å². The summed E-state index contributed by atoms with van der Waals surface area (Å²) in [5.74, 6) is -0.202. The second kappa shape index (κ2) is 11.1. The minimum atomic E-state index is -3.58. The number of rotatable bonds is 12. The standard InChI is InChI=1S/C22H36O4SSi/c1-7-18(5)22(26-28(8-2,9-3)10-4)19(6)21(23)16-17-27(24,25)20-14-12-11-13-15-20/h7,11-19,21-23H,1,8-10H2,2-6H3/b17-16+/t18-,19+,21-,22-/m0/s1. The average Bonchev–Trinajstić information content (AvgIpc) is 2.73. The highest BCUT2D eigenvalue weighted by atomic mass is 32.2. The van der Waals surface area contributed by atoms with Crippen molar-refractivity contribution in [2.24, 2.45) is 11.8 Å². The minimum Gasteiger partial charge on any atom is -0.413 e. The zero-order valence-corrected chi connectivity index (χ0v) is 19.7. The SMILES string of the molecule is C=C[C@H](C)[C@H](O[Si](CC)(CC)CC)[C@H](C)[C@@H](O)/C=C/S(=O)(=O)c1ccccc1. The van der Waals surface area contributed by atoms with Crippen LogP contribution in [0.25, 0.3) is 0 Å². The molecule has 0 fully saturated rings. The Morgan fingerprint density at radius 2 is 1.64 bits per heavy atom. The monoisotopic (exact) mass is 424 g/mol. The Kier molecular flexibility index (Phi) is 9.84. The molecule has 0 heterocycles. The van der Waals surface area contributed by atoms with Crippen molar-refractivity contribution in [1.82, 2.24) is 0 Å². The molecule has 0 saturated carbocycles. The maximum Gasteiger partial charge on any atom is 0.199 e. The molecule has 1 aromatic carbocycles. The van der Waals surface area contributed by atoms with E-state index in [1.807, 2.05) is 19.9 Å². The van der Waals surface area contributed by atoms with Crippen LogP contribution in [0.1, 0.15) is 34.6 Å². The lowest BCUT2D eigenvalue weighted by Crippen LogP contribution is -2.46. The third-order valence-corrected chi connectivity index (χ3v) is 11.9. The third kappa shape index (κ3) is 6.41. The Hall–Kier alpha value is -1.21. The van der Waals surface area contributed by atoms with E-state index in [-0.39, 0.29) is 22.8 Å². The molecule has 0 aliphatic carbocycles. The second-order valence-corrected chi connectivity index (χ2v) is 14.0. The first-order valence-electron chi connectivity index (χ1n) is 10.1. The van der Waals surface area contributed by atoms with E-state index in [1.54, 1.807) is 30.3 Å². The van der Waals surface area contributed by atoms with E-state index in [4.69, 9.17) is 4.43 Å². The van der Waals surface area contributed by atoms with Gasteiger partial charge in [-0.3, -0.25) is 0 Å². The maximum atomic E-state index is 12.4. The fourth-order valence-corrected chi connectivity index (χ4v) is 7.43. The molecule has 28 heavy (non-hydrogen) atoms. The van der Waals surface area contributed by atoms with Crippen molar-refractivity contribution < 1.29 is 18.0 Å². The number of sulfone groups is 1. The molecule has 4 atom stereocenters. The van der Waals surface area contributed by atoms with Gasteiger partial charge in [-0.25, -0.2) is 8.42 Å². The molecule has 1 aromatic rings. The summed E-state index contributed by atoms with van der Waals surface area (Å²) in [6.45, 7) is 14.3. The van der Waals surface area contributed by atoms with Gasteiger partial charge in [0, 0.05) is 11.3 Å². The van der Waals surface area contributed by atoms with Gasteiger partial charge in [0.05, 0.1) is 17.1 Å². The Labute approximate surface area is 172 Å². The topological polar surface area (TPSA) is 63.6 Å². The van der Waals surface area contributed by atoms with Gasteiger partial charge >= 0.3 is 0 Å². The summed E-state index contributed by atoms with van der Waals surface area (Å²) in [5, 5.41) is 11.8. The van der Waals surface area contributed by atoms with Crippen molar-refractivity contribution in [3.8, 4) is 0 Å². The molecule has 0 radical (unpaired) electrons. The minimum absolute atomic E-state index is 0.0558. The first-order valence-corrected chi connectivity index (χ1v) is 14.2. The van der Waals surface area contributed by atoms with Gasteiger partial charge in [0.25, 0.3) is 0 Å². The second-order valence-electron chi connectivity index (χ2n) is 7.46. The van der Waals surface area contributed by atoms with Crippen LogP contribution in [0.5, 0.6) is 0 Å². The lowest BCUT2D eigenvalue weighted by molar-refractivity contribution is 0.0335. The number of benzene rings is 1. The van der Waals surface area contributed by atoms with Crippen LogP contribution in [0.2, 0.25) is 18.1 Å². The van der Waals surface area contributed by atoms with Gasteiger partial charge < -0.3 is 9.53 Å². The van der Waals surface area contributed by atoms with Gasteiger partial charge in [0.2, 0.25) is 0 Å². The molecule has 0 aromatic heterocycles. The van der Waals surface area contributed by atoms with Crippen molar-refractivity contribution >= 4 is 18.2 Å². The molecular formula is C22H36O4SSi. The Bertz CT molecular complexity index is 718. The van der Waals surface area contributed by atoms with E-state index in [9.17, 15) is 13.5 Å². The molecule has 0 aliphatic rings. The third-order valence-electron chi connectivity index (χ3n) is 5.79. The Balaban J connectivity index is 3.05. The molecule has 0 spiro atoms. The highest BCUT2D eigenvalue weighted by Gasteiger charge is 2.37. The summed E-state index contributed by atoms with van der Waals surface area (Å²) in [5.41, 5.74) is 0. The molecule has 158 valence electrons. The van der Waals surface area contributed by atoms with Gasteiger partial charge in [-0.2, -0.15) is 0 Å². The molecule has 0 unspecified atom stereocenters. The van der Waals surface area contributed by atoms with E-state index >= 15 is 0 Å². The van der Waals surface area contributed by atoms with Crippen LogP contribution >= 0.6 is 0 Å². The van der Waals surface area contributed by atoms with Gasteiger partial charge in [-0.05, 0) is 42.3 Å². The normalized spacial score (nSPS) is 17.2. The van der Waals surface area contributed by atoms with Crippen LogP contribution in [-0.4, -0.2) is 34.0 Å². The number of aliphatic hydroxyl groups is 1. The van der Waals surface area contributed by atoms with E-state index < -0.39 is 24.3 Å². The summed E-state index contributed by atoms with van der Waals surface area (Å²) < 4.78 is 31.6. The predicted octanol–water partition coefficient (Wildman–Crippen LogP) is 5.18. The quantitative estimate of drug-likeness (QED) is 0.371. The molecule has 1 rings (SSSR count). The van der Waals surface area contributed by atoms with Gasteiger partial charge in [0.15, 0.2) is 18.2 Å². The molecule has 0 saturated heterocycles. The van der Waals surface area contributed by atoms with Crippen LogP contribution in [0.15, 0.2) is 59.4 Å². The summed E-state index contributed by atoms with van der Waals surface area (Å²) in [7, 11) is -5.46. The molecular weight excluding hydrogens is 388 g/mol. The van der Waals surface area contributed by atoms with Crippen LogP contribution in [0.3, 0.4) is 0 Å². The van der Waals surface area contributed by atoms with Gasteiger partial charge in [-0.15, -0.1) is 6.58 Å². The molecule has 0 aliphatic heterocycles. The number of aliphatic hydroxyl groups excluding tert-OH is 1. The van der Waals surface area contributed by atoms with Crippen molar-refractivity contribution in [2.75, 3.05) is 0 Å². The van der Waals surface area contributed by atoms with E-state index in [2.05, 4.69) is 27.4 Å². The number of hydrogen-bond donors (Lipinski definition) is 1. The lowest BCUT2D eigenvalue weighted by Gasteiger charge is -2.39. The van der Waals surface area contributed by atoms with Crippen LogP contribution in [-0.2, 0) is 14.3 Å². The van der Waals surface area contributed by atoms with Crippen LogP contribution in [0.4, 0.5) is 0 Å².